The minimum absolute atomic E-state index is 0.256. The van der Waals surface area contributed by atoms with Gasteiger partial charge in [-0.15, -0.1) is 11.3 Å². The van der Waals surface area contributed by atoms with Crippen LogP contribution in [0.25, 0.3) is 10.2 Å². The second kappa shape index (κ2) is 6.61. The first-order valence-corrected chi connectivity index (χ1v) is 8.81. The van der Waals surface area contributed by atoms with Crippen LogP contribution in [0, 0.1) is 0 Å². The molecule has 2 aromatic rings. The van der Waals surface area contributed by atoms with Crippen LogP contribution in [0.2, 0.25) is 0 Å². The standard InChI is InChI=1S/C17H21N3O4S/c1-17(2,3)24-16(22)20-14-12(15(21)23-4)13-11(25-14)5-9(8-19-13)10-6-18-7-10/h5,8,10,18H,6-7H2,1-4H3,(H,20,22). The second-order valence-corrected chi connectivity index (χ2v) is 7.95. The third-order valence-corrected chi connectivity index (χ3v) is 4.85. The Hall–Kier alpha value is -2.19. The maximum absolute atomic E-state index is 12.2. The van der Waals surface area contributed by atoms with Crippen LogP contribution in [-0.2, 0) is 9.47 Å². The molecule has 1 aliphatic rings. The zero-order valence-corrected chi connectivity index (χ0v) is 15.5. The van der Waals surface area contributed by atoms with Crippen molar-refractivity contribution in [2.75, 3.05) is 25.5 Å². The molecule has 0 saturated carbocycles. The maximum atomic E-state index is 12.2. The number of pyridine rings is 1. The predicted molar refractivity (Wildman–Crippen MR) is 96.4 cm³/mol. The molecule has 0 aromatic carbocycles. The first kappa shape index (κ1) is 17.6. The SMILES string of the molecule is COC(=O)c1c(NC(=O)OC(C)(C)C)sc2cc(C3CNC3)cnc12. The first-order valence-electron chi connectivity index (χ1n) is 8.00. The number of esters is 1. The minimum Gasteiger partial charge on any atom is -0.465 e. The third kappa shape index (κ3) is 3.74. The fourth-order valence-corrected chi connectivity index (χ4v) is 3.60. The zero-order chi connectivity index (χ0) is 18.2. The molecule has 1 aliphatic heterocycles. The van der Waals surface area contributed by atoms with E-state index in [2.05, 4.69) is 15.6 Å². The largest absolute Gasteiger partial charge is 0.465 e. The minimum atomic E-state index is -0.630. The molecular weight excluding hydrogens is 342 g/mol. The quantitative estimate of drug-likeness (QED) is 0.815. The van der Waals surface area contributed by atoms with Crippen molar-refractivity contribution in [1.29, 1.82) is 0 Å². The summed E-state index contributed by atoms with van der Waals surface area (Å²) in [5, 5.41) is 6.26. The molecule has 0 atom stereocenters. The molecule has 0 radical (unpaired) electrons. The van der Waals surface area contributed by atoms with E-state index < -0.39 is 17.7 Å². The molecule has 3 rings (SSSR count). The lowest BCUT2D eigenvalue weighted by Crippen LogP contribution is -2.39. The molecule has 1 amide bonds. The highest BCUT2D eigenvalue weighted by molar-refractivity contribution is 7.23. The van der Waals surface area contributed by atoms with Gasteiger partial charge in [-0.05, 0) is 32.4 Å². The van der Waals surface area contributed by atoms with Crippen molar-refractivity contribution in [2.45, 2.75) is 32.3 Å². The Balaban J connectivity index is 1.97. The van der Waals surface area contributed by atoms with Crippen LogP contribution in [0.15, 0.2) is 12.3 Å². The number of rotatable bonds is 3. The van der Waals surface area contributed by atoms with Gasteiger partial charge in [0, 0.05) is 25.2 Å². The smallest absolute Gasteiger partial charge is 0.412 e. The molecule has 3 heterocycles. The summed E-state index contributed by atoms with van der Waals surface area (Å²) in [5.41, 5.74) is 1.27. The molecule has 134 valence electrons. The molecule has 2 N–H and O–H groups in total. The number of hydrogen-bond acceptors (Lipinski definition) is 7. The van der Waals surface area contributed by atoms with Gasteiger partial charge >= 0.3 is 12.1 Å². The number of anilines is 1. The summed E-state index contributed by atoms with van der Waals surface area (Å²) in [4.78, 5) is 28.7. The molecule has 1 fully saturated rings. The molecule has 25 heavy (non-hydrogen) atoms. The fourth-order valence-electron chi connectivity index (χ4n) is 2.52. The molecule has 7 nitrogen and oxygen atoms in total. The van der Waals surface area contributed by atoms with Crippen LogP contribution in [0.1, 0.15) is 42.6 Å². The van der Waals surface area contributed by atoms with E-state index in [-0.39, 0.29) is 5.56 Å². The van der Waals surface area contributed by atoms with E-state index in [0.29, 0.717) is 16.4 Å². The number of thiophene rings is 1. The van der Waals surface area contributed by atoms with E-state index in [1.807, 2.05) is 6.07 Å². The van der Waals surface area contributed by atoms with Crippen molar-refractivity contribution < 1.29 is 19.1 Å². The van der Waals surface area contributed by atoms with E-state index in [4.69, 9.17) is 9.47 Å². The van der Waals surface area contributed by atoms with Crippen molar-refractivity contribution in [2.24, 2.45) is 0 Å². The zero-order valence-electron chi connectivity index (χ0n) is 14.6. The van der Waals surface area contributed by atoms with Gasteiger partial charge in [-0.2, -0.15) is 0 Å². The molecule has 1 saturated heterocycles. The summed E-state index contributed by atoms with van der Waals surface area (Å²) < 4.78 is 11.0. The van der Waals surface area contributed by atoms with E-state index in [1.54, 1.807) is 27.0 Å². The number of nitrogens with zero attached hydrogens (tertiary/aromatic N) is 1. The second-order valence-electron chi connectivity index (χ2n) is 6.90. The van der Waals surface area contributed by atoms with E-state index in [0.717, 1.165) is 23.4 Å². The molecule has 0 aliphatic carbocycles. The monoisotopic (exact) mass is 363 g/mol. The van der Waals surface area contributed by atoms with Gasteiger partial charge in [0.05, 0.1) is 17.3 Å². The molecule has 0 bridgehead atoms. The van der Waals surface area contributed by atoms with Crippen molar-refractivity contribution >= 4 is 38.6 Å². The van der Waals surface area contributed by atoms with Gasteiger partial charge < -0.3 is 14.8 Å². The summed E-state index contributed by atoms with van der Waals surface area (Å²) in [6.45, 7) is 7.18. The van der Waals surface area contributed by atoms with Crippen molar-refractivity contribution in [3.63, 3.8) is 0 Å². The number of amides is 1. The van der Waals surface area contributed by atoms with Crippen LogP contribution >= 0.6 is 11.3 Å². The van der Waals surface area contributed by atoms with Gasteiger partial charge in [0.25, 0.3) is 0 Å². The first-order chi connectivity index (χ1) is 11.8. The molecule has 8 heteroatoms. The predicted octanol–water partition coefficient (Wildman–Crippen LogP) is 3.12. The van der Waals surface area contributed by atoms with Crippen LogP contribution < -0.4 is 10.6 Å². The van der Waals surface area contributed by atoms with Gasteiger partial charge in [0.2, 0.25) is 0 Å². The molecular formula is C17H21N3O4S. The fraction of sp³-hybridized carbons (Fsp3) is 0.471. The summed E-state index contributed by atoms with van der Waals surface area (Å²) in [6, 6.07) is 2.02. The van der Waals surface area contributed by atoms with E-state index in [1.165, 1.54) is 18.4 Å². The van der Waals surface area contributed by atoms with Crippen LogP contribution in [0.4, 0.5) is 9.80 Å². The highest BCUT2D eigenvalue weighted by atomic mass is 32.1. The molecule has 2 aromatic heterocycles. The number of nitrogens with one attached hydrogen (secondary N) is 2. The number of fused-ring (bicyclic) bond motifs is 1. The Morgan fingerprint density at radius 3 is 2.64 bits per heavy atom. The van der Waals surface area contributed by atoms with Crippen molar-refractivity contribution in [3.05, 3.63) is 23.4 Å². The van der Waals surface area contributed by atoms with E-state index in [9.17, 15) is 9.59 Å². The van der Waals surface area contributed by atoms with Crippen LogP contribution in [0.5, 0.6) is 0 Å². The van der Waals surface area contributed by atoms with Crippen molar-refractivity contribution in [3.8, 4) is 0 Å². The van der Waals surface area contributed by atoms with Crippen LogP contribution in [-0.4, -0.2) is 42.8 Å². The third-order valence-electron chi connectivity index (χ3n) is 3.81. The van der Waals surface area contributed by atoms with Gasteiger partial charge in [-0.3, -0.25) is 10.3 Å². The number of methoxy groups -OCH3 is 1. The Labute approximate surface area is 149 Å². The Morgan fingerprint density at radius 2 is 2.08 bits per heavy atom. The number of carbonyl (C=O) groups is 2. The Morgan fingerprint density at radius 1 is 1.36 bits per heavy atom. The van der Waals surface area contributed by atoms with Gasteiger partial charge in [-0.1, -0.05) is 0 Å². The summed E-state index contributed by atoms with van der Waals surface area (Å²) >= 11 is 1.29. The van der Waals surface area contributed by atoms with Gasteiger partial charge in [-0.25, -0.2) is 9.59 Å². The number of ether oxygens (including phenoxy) is 2. The average molecular weight is 363 g/mol. The topological polar surface area (TPSA) is 89.5 Å². The van der Waals surface area contributed by atoms with Crippen molar-refractivity contribution in [1.82, 2.24) is 10.3 Å². The van der Waals surface area contributed by atoms with Gasteiger partial charge in [0.1, 0.15) is 16.2 Å². The lowest BCUT2D eigenvalue weighted by Gasteiger charge is -2.27. The maximum Gasteiger partial charge on any atom is 0.412 e. The average Bonchev–Trinajstić information content (AvgIpc) is 2.79. The Bertz CT molecular complexity index is 821. The van der Waals surface area contributed by atoms with E-state index >= 15 is 0 Å². The van der Waals surface area contributed by atoms with Gasteiger partial charge in [0.15, 0.2) is 0 Å². The summed E-state index contributed by atoms with van der Waals surface area (Å²) in [5.74, 6) is -0.106. The lowest BCUT2D eigenvalue weighted by atomic mass is 9.95. The summed E-state index contributed by atoms with van der Waals surface area (Å²) in [6.07, 6.45) is 1.16. The normalized spacial score (nSPS) is 14.9. The number of carbonyl (C=O) groups excluding carboxylic acids is 2. The molecule has 0 unspecified atom stereocenters. The molecule has 0 spiro atoms. The highest BCUT2D eigenvalue weighted by Crippen LogP contribution is 2.37. The number of hydrogen-bond donors (Lipinski definition) is 2. The summed E-state index contributed by atoms with van der Waals surface area (Å²) in [7, 11) is 1.30. The van der Waals surface area contributed by atoms with Crippen LogP contribution in [0.3, 0.4) is 0 Å². The lowest BCUT2D eigenvalue weighted by molar-refractivity contribution is 0.0604. The number of aromatic nitrogens is 1. The Kier molecular flexibility index (Phi) is 4.66. The highest BCUT2D eigenvalue weighted by Gasteiger charge is 2.26.